The molecule has 6 aliphatic carbocycles. The summed E-state index contributed by atoms with van der Waals surface area (Å²) in [6.45, 7) is 4.81. The fourth-order valence-electron chi connectivity index (χ4n) is 11.9. The van der Waals surface area contributed by atoms with Gasteiger partial charge in [-0.2, -0.15) is 0 Å². The van der Waals surface area contributed by atoms with Gasteiger partial charge in [0.25, 0.3) is 0 Å². The van der Waals surface area contributed by atoms with Crippen molar-refractivity contribution in [3.05, 3.63) is 212 Å². The molecule has 57 heavy (non-hydrogen) atoms. The summed E-state index contributed by atoms with van der Waals surface area (Å²) < 4.78 is 2.48. The Hall–Kier alpha value is -5.31. The molecular weight excluding hydrogens is 707 g/mol. The van der Waals surface area contributed by atoms with Gasteiger partial charge in [0.05, 0.1) is 11.0 Å². The lowest BCUT2D eigenvalue weighted by Gasteiger charge is -2.44. The number of para-hydroxylation sites is 2. The molecule has 5 aromatic carbocycles. The predicted molar refractivity (Wildman–Crippen MR) is 241 cm³/mol. The molecule has 1 aromatic heterocycles. The first-order chi connectivity index (χ1) is 28.1. The average molecular weight is 754 g/mol. The highest BCUT2D eigenvalue weighted by molar-refractivity contribution is 8.03. The molecule has 7 aliphatic rings. The molecule has 0 radical (unpaired) electrons. The van der Waals surface area contributed by atoms with Gasteiger partial charge in [0.1, 0.15) is 0 Å². The normalized spacial score (nSPS) is 22.5. The second-order valence-corrected chi connectivity index (χ2v) is 18.4. The minimum Gasteiger partial charge on any atom is -0.309 e. The number of allylic oxidation sites excluding steroid dienone is 11. The molecule has 3 atom stereocenters. The van der Waals surface area contributed by atoms with E-state index in [2.05, 4.69) is 176 Å². The van der Waals surface area contributed by atoms with Crippen LogP contribution >= 0.6 is 11.8 Å². The largest absolute Gasteiger partial charge is 0.309 e. The van der Waals surface area contributed by atoms with Crippen molar-refractivity contribution in [1.82, 2.24) is 4.57 Å². The Kier molecular flexibility index (Phi) is 7.62. The lowest BCUT2D eigenvalue weighted by molar-refractivity contribution is 0.484. The monoisotopic (exact) mass is 753 g/mol. The molecule has 2 bridgehead atoms. The van der Waals surface area contributed by atoms with Gasteiger partial charge in [0, 0.05) is 43.9 Å². The number of fused-ring (bicyclic) bond motifs is 5. The van der Waals surface area contributed by atoms with E-state index in [1.165, 1.54) is 73.1 Å². The minimum atomic E-state index is 0.0298. The molecule has 0 N–H and O–H groups in total. The third kappa shape index (κ3) is 4.83. The van der Waals surface area contributed by atoms with Crippen LogP contribution in [0.15, 0.2) is 173 Å². The average Bonchev–Trinajstić information content (AvgIpc) is 3.96. The third-order valence-electron chi connectivity index (χ3n) is 14.6. The Morgan fingerprint density at radius 2 is 1.46 bits per heavy atom. The van der Waals surface area contributed by atoms with E-state index in [1.807, 2.05) is 0 Å². The summed E-state index contributed by atoms with van der Waals surface area (Å²) >= 11 is 2.06. The van der Waals surface area contributed by atoms with Crippen molar-refractivity contribution in [1.29, 1.82) is 0 Å². The van der Waals surface area contributed by atoms with Gasteiger partial charge >= 0.3 is 0 Å². The Morgan fingerprint density at radius 3 is 2.25 bits per heavy atom. The highest BCUT2D eigenvalue weighted by Gasteiger charge is 2.44. The van der Waals surface area contributed by atoms with Gasteiger partial charge < -0.3 is 4.57 Å². The predicted octanol–water partition coefficient (Wildman–Crippen LogP) is 14.9. The number of nitrogens with zero attached hydrogens (tertiary/aromatic N) is 1. The van der Waals surface area contributed by atoms with Gasteiger partial charge in [-0.3, -0.25) is 0 Å². The van der Waals surface area contributed by atoms with Crippen LogP contribution < -0.4 is 0 Å². The maximum absolute atomic E-state index is 2.59. The molecule has 0 fully saturated rings. The number of rotatable bonds is 6. The third-order valence-corrected chi connectivity index (χ3v) is 16.0. The summed E-state index contributed by atoms with van der Waals surface area (Å²) in [6, 6.07) is 41.9. The van der Waals surface area contributed by atoms with E-state index in [1.54, 1.807) is 39.0 Å². The highest BCUT2D eigenvalue weighted by Crippen LogP contribution is 2.59. The summed E-state index contributed by atoms with van der Waals surface area (Å²) in [7, 11) is 0. The van der Waals surface area contributed by atoms with Gasteiger partial charge in [-0.05, 0) is 137 Å². The topological polar surface area (TPSA) is 4.93 Å². The number of benzene rings is 5. The van der Waals surface area contributed by atoms with Gasteiger partial charge in [0.15, 0.2) is 0 Å². The fourth-order valence-corrected chi connectivity index (χ4v) is 13.1. The van der Waals surface area contributed by atoms with E-state index < -0.39 is 0 Å². The minimum absolute atomic E-state index is 0.0298. The summed E-state index contributed by atoms with van der Waals surface area (Å²) in [6.07, 6.45) is 22.7. The molecule has 1 aliphatic heterocycles. The first kappa shape index (κ1) is 33.8. The van der Waals surface area contributed by atoms with Crippen LogP contribution in [0.5, 0.6) is 0 Å². The zero-order chi connectivity index (χ0) is 37.8. The molecule has 278 valence electrons. The molecule has 2 heterocycles. The first-order valence-electron chi connectivity index (χ1n) is 21.4. The van der Waals surface area contributed by atoms with Crippen LogP contribution in [-0.4, -0.2) is 4.57 Å². The molecular formula is C55H47NS. The maximum Gasteiger partial charge on any atom is 0.0541 e. The summed E-state index contributed by atoms with van der Waals surface area (Å²) in [5, 5.41) is 3.10. The van der Waals surface area contributed by atoms with E-state index in [0.29, 0.717) is 17.1 Å². The van der Waals surface area contributed by atoms with Crippen LogP contribution in [0.4, 0.5) is 0 Å². The molecule has 1 nitrogen and oxygen atoms in total. The van der Waals surface area contributed by atoms with E-state index in [4.69, 9.17) is 0 Å². The van der Waals surface area contributed by atoms with Crippen molar-refractivity contribution in [3.63, 3.8) is 0 Å². The molecule has 2 heteroatoms. The van der Waals surface area contributed by atoms with Gasteiger partial charge in [0.2, 0.25) is 0 Å². The Balaban J connectivity index is 0.820. The number of thioether (sulfide) groups is 1. The number of hydrogen-bond donors (Lipinski definition) is 0. The Morgan fingerprint density at radius 1 is 0.719 bits per heavy atom. The van der Waals surface area contributed by atoms with Gasteiger partial charge in [-0.15, -0.1) is 11.8 Å². The van der Waals surface area contributed by atoms with E-state index >= 15 is 0 Å². The number of aromatic nitrogens is 1. The lowest BCUT2D eigenvalue weighted by atomic mass is 9.59. The van der Waals surface area contributed by atoms with Crippen molar-refractivity contribution in [2.75, 3.05) is 0 Å². The van der Waals surface area contributed by atoms with Gasteiger partial charge in [-0.25, -0.2) is 0 Å². The van der Waals surface area contributed by atoms with Crippen LogP contribution in [0.2, 0.25) is 0 Å². The first-order valence-corrected chi connectivity index (χ1v) is 22.3. The van der Waals surface area contributed by atoms with Crippen molar-refractivity contribution < 1.29 is 0 Å². The van der Waals surface area contributed by atoms with Crippen LogP contribution in [0.25, 0.3) is 33.1 Å². The molecule has 0 amide bonds. The molecule has 0 saturated carbocycles. The van der Waals surface area contributed by atoms with Crippen LogP contribution in [-0.2, 0) is 5.41 Å². The molecule has 0 spiro atoms. The van der Waals surface area contributed by atoms with Crippen molar-refractivity contribution in [3.8, 4) is 5.69 Å². The quantitative estimate of drug-likeness (QED) is 0.164. The summed E-state index contributed by atoms with van der Waals surface area (Å²) in [4.78, 5) is 1.41. The fraction of sp³-hybridized carbons (Fsp3) is 0.236. The Bertz CT molecular complexity index is 2840. The zero-order valence-corrected chi connectivity index (χ0v) is 33.7. The van der Waals surface area contributed by atoms with Crippen LogP contribution in [0.1, 0.15) is 115 Å². The maximum atomic E-state index is 2.59. The Labute approximate surface area is 340 Å². The number of hydrogen-bond acceptors (Lipinski definition) is 1. The van der Waals surface area contributed by atoms with Crippen molar-refractivity contribution >= 4 is 39.1 Å². The van der Waals surface area contributed by atoms with Crippen LogP contribution in [0.3, 0.4) is 0 Å². The molecule has 0 saturated heterocycles. The second kappa shape index (κ2) is 12.9. The lowest BCUT2D eigenvalue weighted by Crippen LogP contribution is -2.28. The second-order valence-electron chi connectivity index (χ2n) is 17.1. The van der Waals surface area contributed by atoms with Crippen molar-refractivity contribution in [2.45, 2.75) is 81.3 Å². The van der Waals surface area contributed by atoms with Crippen molar-refractivity contribution in [2.24, 2.45) is 0 Å². The smallest absolute Gasteiger partial charge is 0.0541 e. The highest BCUT2D eigenvalue weighted by atomic mass is 32.2. The molecule has 13 rings (SSSR count). The SMILES string of the molecule is CCC1(CC)C2=C(CCC(/C=C/C3=CCC(c4ccc5c(c4)C4C6=C(CCC=C6)C5c5ccccc54)S3)=C2)c2ccc(-n3c4ccccc4c4ccccc43)cc21. The van der Waals surface area contributed by atoms with Crippen LogP contribution in [0, 0.1) is 0 Å². The van der Waals surface area contributed by atoms with Gasteiger partial charge in [-0.1, -0.05) is 135 Å². The van der Waals surface area contributed by atoms with E-state index in [-0.39, 0.29) is 5.41 Å². The van der Waals surface area contributed by atoms with E-state index in [0.717, 1.165) is 32.1 Å². The summed E-state index contributed by atoms with van der Waals surface area (Å²) in [5.74, 6) is 0.806. The molecule has 3 unspecified atom stereocenters. The molecule has 6 aromatic rings. The zero-order valence-electron chi connectivity index (χ0n) is 32.9. The standard InChI is InChI=1S/C55H47NS/c1-3-55(4-2)48-31-34(22-27-38(48)39-29-24-36(33-49(39)55)56-50-19-11-9-13-40(50)41-14-10-12-20-51(41)56)21-25-37-26-30-52(57-37)35-23-28-46-47(32-35)54-44-17-7-5-15-42(44)53(46)43-16-6-8-18-45(43)54/h5,7-15,17-21,23-26,28-29,31-33,52-54H,3-4,6,16,22,27,30H2,1-2H3/b25-21+. The summed E-state index contributed by atoms with van der Waals surface area (Å²) in [5.41, 5.74) is 22.4. The van der Waals surface area contributed by atoms with E-state index in [9.17, 15) is 0 Å².